The molecule has 3 nitrogen and oxygen atoms in total. The SMILES string of the molecule is CCOC(=O)/C=C(\CBr)Oc1ccc(F)cc1F. The molecule has 0 spiro atoms. The first kappa shape index (κ1) is 14.6. The Kier molecular flexibility index (Phi) is 5.77. The first-order valence-electron chi connectivity index (χ1n) is 5.13. The fourth-order valence-corrected chi connectivity index (χ4v) is 1.39. The lowest BCUT2D eigenvalue weighted by Gasteiger charge is -2.08. The van der Waals surface area contributed by atoms with Gasteiger partial charge >= 0.3 is 5.97 Å². The van der Waals surface area contributed by atoms with E-state index in [4.69, 9.17) is 9.47 Å². The van der Waals surface area contributed by atoms with Crippen LogP contribution in [0.1, 0.15) is 6.92 Å². The van der Waals surface area contributed by atoms with Crippen LogP contribution in [0.3, 0.4) is 0 Å². The third-order valence-corrected chi connectivity index (χ3v) is 2.38. The second-order valence-corrected chi connectivity index (χ2v) is 3.73. The van der Waals surface area contributed by atoms with E-state index in [0.717, 1.165) is 18.2 Å². The van der Waals surface area contributed by atoms with Crippen molar-refractivity contribution in [3.05, 3.63) is 41.7 Å². The van der Waals surface area contributed by atoms with E-state index in [9.17, 15) is 13.6 Å². The van der Waals surface area contributed by atoms with Gasteiger partial charge in [0.2, 0.25) is 0 Å². The summed E-state index contributed by atoms with van der Waals surface area (Å²) in [4.78, 5) is 11.2. The van der Waals surface area contributed by atoms with Crippen molar-refractivity contribution in [3.63, 3.8) is 0 Å². The number of hydrogen-bond donors (Lipinski definition) is 0. The topological polar surface area (TPSA) is 35.5 Å². The number of alkyl halides is 1. The zero-order chi connectivity index (χ0) is 13.5. The fourth-order valence-electron chi connectivity index (χ4n) is 1.11. The van der Waals surface area contributed by atoms with Crippen LogP contribution in [0.25, 0.3) is 0 Å². The summed E-state index contributed by atoms with van der Waals surface area (Å²) in [5.41, 5.74) is 0. The summed E-state index contributed by atoms with van der Waals surface area (Å²) in [6.07, 6.45) is 1.10. The molecule has 18 heavy (non-hydrogen) atoms. The maximum Gasteiger partial charge on any atom is 0.334 e. The molecule has 1 aromatic carbocycles. The number of hydrogen-bond acceptors (Lipinski definition) is 3. The predicted molar refractivity (Wildman–Crippen MR) is 65.5 cm³/mol. The Balaban J connectivity index is 2.82. The lowest BCUT2D eigenvalue weighted by molar-refractivity contribution is -0.137. The molecular formula is C12H11BrF2O3. The molecule has 0 heterocycles. The van der Waals surface area contributed by atoms with Crippen molar-refractivity contribution in [3.8, 4) is 5.75 Å². The average molecular weight is 321 g/mol. The predicted octanol–water partition coefficient (Wildman–Crippen LogP) is 3.19. The van der Waals surface area contributed by atoms with Crippen molar-refractivity contribution >= 4 is 21.9 Å². The van der Waals surface area contributed by atoms with Crippen molar-refractivity contribution in [2.75, 3.05) is 11.9 Å². The minimum atomic E-state index is -0.842. The van der Waals surface area contributed by atoms with Gasteiger partial charge < -0.3 is 9.47 Å². The van der Waals surface area contributed by atoms with Gasteiger partial charge in [0.25, 0.3) is 0 Å². The molecule has 98 valence electrons. The van der Waals surface area contributed by atoms with Gasteiger partial charge in [0.1, 0.15) is 11.6 Å². The van der Waals surface area contributed by atoms with E-state index in [1.165, 1.54) is 0 Å². The van der Waals surface area contributed by atoms with Gasteiger partial charge in [0.05, 0.1) is 18.0 Å². The molecule has 0 N–H and O–H groups in total. The molecular weight excluding hydrogens is 310 g/mol. The Bertz CT molecular complexity index is 461. The van der Waals surface area contributed by atoms with Crippen LogP contribution in [0.5, 0.6) is 5.75 Å². The molecule has 6 heteroatoms. The van der Waals surface area contributed by atoms with Crippen molar-refractivity contribution in [2.45, 2.75) is 6.92 Å². The van der Waals surface area contributed by atoms with Gasteiger partial charge in [0, 0.05) is 6.07 Å². The molecule has 0 amide bonds. The second-order valence-electron chi connectivity index (χ2n) is 3.17. The maximum atomic E-state index is 13.3. The molecule has 0 saturated heterocycles. The highest BCUT2D eigenvalue weighted by molar-refractivity contribution is 9.09. The van der Waals surface area contributed by atoms with Crippen molar-refractivity contribution in [2.24, 2.45) is 0 Å². The molecule has 0 unspecified atom stereocenters. The summed E-state index contributed by atoms with van der Waals surface area (Å²) in [6, 6.07) is 2.91. The van der Waals surface area contributed by atoms with Gasteiger partial charge in [-0.2, -0.15) is 0 Å². The van der Waals surface area contributed by atoms with Crippen LogP contribution in [0.4, 0.5) is 8.78 Å². The summed E-state index contributed by atoms with van der Waals surface area (Å²) < 4.78 is 35.8. The zero-order valence-electron chi connectivity index (χ0n) is 9.58. The lowest BCUT2D eigenvalue weighted by atomic mass is 10.3. The summed E-state index contributed by atoms with van der Waals surface area (Å²) in [7, 11) is 0. The van der Waals surface area contributed by atoms with E-state index in [0.29, 0.717) is 6.07 Å². The maximum absolute atomic E-state index is 13.3. The number of halogens is 3. The first-order chi connectivity index (χ1) is 8.56. The van der Waals surface area contributed by atoms with E-state index >= 15 is 0 Å². The van der Waals surface area contributed by atoms with E-state index in [-0.39, 0.29) is 23.4 Å². The standard InChI is InChI=1S/C12H11BrF2O3/c1-2-17-12(16)6-9(7-13)18-11-4-3-8(14)5-10(11)15/h3-6H,2,7H2,1H3/b9-6+. The van der Waals surface area contributed by atoms with Crippen molar-refractivity contribution in [1.82, 2.24) is 0 Å². The number of benzene rings is 1. The molecule has 0 aliphatic rings. The van der Waals surface area contributed by atoms with Gasteiger partial charge in [-0.3, -0.25) is 0 Å². The summed E-state index contributed by atoms with van der Waals surface area (Å²) >= 11 is 3.09. The molecule has 0 aliphatic carbocycles. The summed E-state index contributed by atoms with van der Waals surface area (Å²) in [5.74, 6) is -2.12. The van der Waals surface area contributed by atoms with Crippen molar-refractivity contribution < 1.29 is 23.0 Å². The summed E-state index contributed by atoms with van der Waals surface area (Å²) in [5, 5.41) is 0.197. The molecule has 0 aliphatic heterocycles. The minimum Gasteiger partial charge on any atom is -0.463 e. The highest BCUT2D eigenvalue weighted by Gasteiger charge is 2.09. The van der Waals surface area contributed by atoms with Crippen LogP contribution >= 0.6 is 15.9 Å². The van der Waals surface area contributed by atoms with Gasteiger partial charge in [-0.05, 0) is 19.1 Å². The molecule has 0 fully saturated rings. The molecule has 1 aromatic rings. The number of esters is 1. The van der Waals surface area contributed by atoms with E-state index in [1.807, 2.05) is 0 Å². The van der Waals surface area contributed by atoms with Crippen LogP contribution in [0, 0.1) is 11.6 Å². The summed E-state index contributed by atoms with van der Waals surface area (Å²) in [6.45, 7) is 1.90. The van der Waals surface area contributed by atoms with Gasteiger partial charge in [-0.1, -0.05) is 15.9 Å². The van der Waals surface area contributed by atoms with Crippen LogP contribution in [-0.4, -0.2) is 17.9 Å². The van der Waals surface area contributed by atoms with Crippen LogP contribution in [-0.2, 0) is 9.53 Å². The van der Waals surface area contributed by atoms with Gasteiger partial charge in [0.15, 0.2) is 11.6 Å². The molecule has 0 bridgehead atoms. The average Bonchev–Trinajstić information content (AvgIpc) is 2.31. The highest BCUT2D eigenvalue weighted by atomic mass is 79.9. The third-order valence-electron chi connectivity index (χ3n) is 1.83. The van der Waals surface area contributed by atoms with Gasteiger partial charge in [-0.15, -0.1) is 0 Å². The number of allylic oxidation sites excluding steroid dienone is 1. The van der Waals surface area contributed by atoms with Crippen LogP contribution in [0.15, 0.2) is 30.0 Å². The third kappa shape index (κ3) is 4.44. The first-order valence-corrected chi connectivity index (χ1v) is 6.25. The Morgan fingerprint density at radius 1 is 1.44 bits per heavy atom. The Morgan fingerprint density at radius 2 is 2.17 bits per heavy atom. The van der Waals surface area contributed by atoms with Crippen molar-refractivity contribution in [1.29, 1.82) is 0 Å². The van der Waals surface area contributed by atoms with E-state index < -0.39 is 17.6 Å². The van der Waals surface area contributed by atoms with Crippen LogP contribution < -0.4 is 4.74 Å². The molecule has 0 radical (unpaired) electrons. The fraction of sp³-hybridized carbons (Fsp3) is 0.250. The largest absolute Gasteiger partial charge is 0.463 e. The Hall–Kier alpha value is -1.43. The second kappa shape index (κ2) is 7.10. The van der Waals surface area contributed by atoms with E-state index in [1.54, 1.807) is 6.92 Å². The monoisotopic (exact) mass is 320 g/mol. The molecule has 0 aromatic heterocycles. The molecule has 0 atom stereocenters. The number of carbonyl (C=O) groups is 1. The number of carbonyl (C=O) groups excluding carboxylic acids is 1. The van der Waals surface area contributed by atoms with E-state index in [2.05, 4.69) is 15.9 Å². The Morgan fingerprint density at radius 3 is 2.72 bits per heavy atom. The Labute approximate surface area is 112 Å². The minimum absolute atomic E-state index is 0.161. The normalized spacial score (nSPS) is 11.2. The van der Waals surface area contributed by atoms with Gasteiger partial charge in [-0.25, -0.2) is 13.6 Å². The highest BCUT2D eigenvalue weighted by Crippen LogP contribution is 2.20. The number of rotatable bonds is 5. The lowest BCUT2D eigenvalue weighted by Crippen LogP contribution is -2.06. The smallest absolute Gasteiger partial charge is 0.334 e. The quantitative estimate of drug-likeness (QED) is 0.362. The number of ether oxygens (including phenoxy) is 2. The van der Waals surface area contributed by atoms with Crippen LogP contribution in [0.2, 0.25) is 0 Å². The molecule has 1 rings (SSSR count). The zero-order valence-corrected chi connectivity index (χ0v) is 11.2. The molecule has 0 saturated carbocycles.